The van der Waals surface area contributed by atoms with E-state index in [1.807, 2.05) is 4.90 Å². The number of carbonyl (C=O) groups excluding carboxylic acids is 1. The Kier molecular flexibility index (Phi) is 5.95. The van der Waals surface area contributed by atoms with E-state index < -0.39 is 11.5 Å². The molecule has 1 saturated heterocycles. The number of hydrogen-bond donors (Lipinski definition) is 1. The number of benzene rings is 1. The summed E-state index contributed by atoms with van der Waals surface area (Å²) in [5.74, 6) is -0.229. The van der Waals surface area contributed by atoms with E-state index in [0.29, 0.717) is 50.1 Å². The zero-order chi connectivity index (χ0) is 23.7. The Morgan fingerprint density at radius 2 is 1.85 bits per heavy atom. The van der Waals surface area contributed by atoms with Gasteiger partial charge in [0.1, 0.15) is 11.6 Å². The van der Waals surface area contributed by atoms with Gasteiger partial charge in [-0.15, -0.1) is 0 Å². The van der Waals surface area contributed by atoms with Gasteiger partial charge < -0.3 is 9.80 Å². The number of rotatable bonds is 4. The Bertz CT molecular complexity index is 1330. The Morgan fingerprint density at radius 3 is 2.62 bits per heavy atom. The molecule has 3 heterocycles. The van der Waals surface area contributed by atoms with Crippen LogP contribution in [0.25, 0.3) is 0 Å². The summed E-state index contributed by atoms with van der Waals surface area (Å²) < 4.78 is 16.2. The van der Waals surface area contributed by atoms with Crippen molar-refractivity contribution in [3.63, 3.8) is 0 Å². The lowest BCUT2D eigenvalue weighted by atomic mass is 9.96. The average molecular weight is 465 g/mol. The van der Waals surface area contributed by atoms with Crippen LogP contribution >= 0.6 is 0 Å². The Morgan fingerprint density at radius 1 is 1.06 bits per heavy atom. The molecule has 2 aliphatic rings. The van der Waals surface area contributed by atoms with Gasteiger partial charge in [-0.3, -0.25) is 24.1 Å². The van der Waals surface area contributed by atoms with Crippen LogP contribution in [-0.4, -0.2) is 56.5 Å². The predicted octanol–water partition coefficient (Wildman–Crippen LogP) is 1.36. The van der Waals surface area contributed by atoms with Crippen LogP contribution in [0.2, 0.25) is 0 Å². The summed E-state index contributed by atoms with van der Waals surface area (Å²) in [6.45, 7) is 2.19. The van der Waals surface area contributed by atoms with Crippen molar-refractivity contribution >= 4 is 11.7 Å². The van der Waals surface area contributed by atoms with Gasteiger partial charge in [-0.05, 0) is 43.4 Å². The normalized spacial score (nSPS) is 15.8. The first kappa shape index (κ1) is 22.0. The lowest BCUT2D eigenvalue weighted by Crippen LogP contribution is -2.49. The quantitative estimate of drug-likeness (QED) is 0.625. The van der Waals surface area contributed by atoms with Crippen LogP contribution in [0.15, 0.2) is 46.4 Å². The van der Waals surface area contributed by atoms with Crippen LogP contribution in [0.3, 0.4) is 0 Å². The molecule has 176 valence electrons. The highest BCUT2D eigenvalue weighted by Gasteiger charge is 2.25. The molecule has 0 saturated carbocycles. The molecule has 2 aromatic heterocycles. The fourth-order valence-electron chi connectivity index (χ4n) is 4.74. The molecule has 1 amide bonds. The van der Waals surface area contributed by atoms with Crippen LogP contribution < -0.4 is 16.1 Å². The number of anilines is 1. The highest BCUT2D eigenvalue weighted by Crippen LogP contribution is 2.20. The fraction of sp³-hybridized carbons (Fsp3) is 0.375. The second-order valence-corrected chi connectivity index (χ2v) is 8.63. The first-order valence-electron chi connectivity index (χ1n) is 11.4. The molecule has 5 rings (SSSR count). The van der Waals surface area contributed by atoms with Crippen LogP contribution in [0.1, 0.15) is 40.0 Å². The van der Waals surface area contributed by atoms with Crippen molar-refractivity contribution in [3.8, 4) is 0 Å². The standard InChI is InChI=1S/C24H25FN6O3/c25-19-6-5-16(15-31-20-4-2-1-3-17(20)22(32)28-24(31)34)13-18(19)23(33)30-11-9-29(10-12-30)21-14-26-7-8-27-21/h5-8,13-14H,1-4,9-12,15H2,(H,28,32,34). The molecule has 9 nitrogen and oxygen atoms in total. The molecule has 1 aliphatic carbocycles. The molecular formula is C24H25FN6O3. The predicted molar refractivity (Wildman–Crippen MR) is 124 cm³/mol. The minimum absolute atomic E-state index is 0.0169. The maximum absolute atomic E-state index is 14.7. The second kappa shape index (κ2) is 9.20. The molecule has 0 spiro atoms. The van der Waals surface area contributed by atoms with Gasteiger partial charge >= 0.3 is 5.69 Å². The molecule has 10 heteroatoms. The summed E-state index contributed by atoms with van der Waals surface area (Å²) in [7, 11) is 0. The Labute approximate surface area is 194 Å². The zero-order valence-corrected chi connectivity index (χ0v) is 18.7. The molecule has 0 radical (unpaired) electrons. The van der Waals surface area contributed by atoms with Gasteiger partial charge in [0.2, 0.25) is 0 Å². The largest absolute Gasteiger partial charge is 0.352 e. The molecule has 0 atom stereocenters. The minimum atomic E-state index is -0.596. The lowest BCUT2D eigenvalue weighted by molar-refractivity contribution is 0.0741. The summed E-state index contributed by atoms with van der Waals surface area (Å²) in [6, 6.07) is 4.35. The number of halogens is 1. The van der Waals surface area contributed by atoms with Crippen molar-refractivity contribution in [3.05, 3.63) is 85.8 Å². The SMILES string of the molecule is O=C(c1cc(Cn2c3c(c(=O)[nH]c2=O)CCCC3)ccc1F)N1CCN(c2cnccn2)CC1. The van der Waals surface area contributed by atoms with E-state index in [1.165, 1.54) is 16.7 Å². The van der Waals surface area contributed by atoms with Crippen LogP contribution in [-0.2, 0) is 19.4 Å². The van der Waals surface area contributed by atoms with Crippen molar-refractivity contribution in [2.24, 2.45) is 0 Å². The summed E-state index contributed by atoms with van der Waals surface area (Å²) in [5, 5.41) is 0. The number of hydrogen-bond acceptors (Lipinski definition) is 6. The molecule has 34 heavy (non-hydrogen) atoms. The fourth-order valence-corrected chi connectivity index (χ4v) is 4.74. The summed E-state index contributed by atoms with van der Waals surface area (Å²) in [6.07, 6.45) is 8.01. The van der Waals surface area contributed by atoms with E-state index in [9.17, 15) is 18.8 Å². The molecule has 1 aliphatic heterocycles. The number of aromatic amines is 1. The van der Waals surface area contributed by atoms with Gasteiger partial charge in [0, 0.05) is 49.8 Å². The van der Waals surface area contributed by atoms with Gasteiger partial charge in [-0.2, -0.15) is 0 Å². The van der Waals surface area contributed by atoms with Crippen molar-refractivity contribution in [2.75, 3.05) is 31.1 Å². The lowest BCUT2D eigenvalue weighted by Gasteiger charge is -2.35. The number of fused-ring (bicyclic) bond motifs is 1. The zero-order valence-electron chi connectivity index (χ0n) is 18.7. The maximum Gasteiger partial charge on any atom is 0.328 e. The van der Waals surface area contributed by atoms with Gasteiger partial charge in [-0.25, -0.2) is 14.2 Å². The Balaban J connectivity index is 1.35. The smallest absolute Gasteiger partial charge is 0.328 e. The van der Waals surface area contributed by atoms with Gasteiger partial charge in [-0.1, -0.05) is 6.07 Å². The van der Waals surface area contributed by atoms with Crippen LogP contribution in [0.4, 0.5) is 10.2 Å². The topological polar surface area (TPSA) is 104 Å². The number of H-pyrrole nitrogens is 1. The number of amides is 1. The first-order chi connectivity index (χ1) is 16.5. The minimum Gasteiger partial charge on any atom is -0.352 e. The van der Waals surface area contributed by atoms with Crippen molar-refractivity contribution in [1.82, 2.24) is 24.4 Å². The monoisotopic (exact) mass is 464 g/mol. The second-order valence-electron chi connectivity index (χ2n) is 8.63. The molecule has 1 aromatic carbocycles. The highest BCUT2D eigenvalue weighted by atomic mass is 19.1. The molecule has 0 bridgehead atoms. The van der Waals surface area contributed by atoms with Crippen LogP contribution in [0.5, 0.6) is 0 Å². The summed E-state index contributed by atoms with van der Waals surface area (Å²) in [4.78, 5) is 52.3. The van der Waals surface area contributed by atoms with Gasteiger partial charge in [0.25, 0.3) is 11.5 Å². The number of nitrogens with one attached hydrogen (secondary N) is 1. The summed E-state index contributed by atoms with van der Waals surface area (Å²) >= 11 is 0. The third-order valence-corrected chi connectivity index (χ3v) is 6.55. The van der Waals surface area contributed by atoms with E-state index in [0.717, 1.165) is 24.4 Å². The summed E-state index contributed by atoms with van der Waals surface area (Å²) in [5.41, 5.74) is 1.18. The third-order valence-electron chi connectivity index (χ3n) is 6.55. The van der Waals surface area contributed by atoms with Gasteiger partial charge in [0.15, 0.2) is 0 Å². The van der Waals surface area contributed by atoms with E-state index in [-0.39, 0.29) is 23.6 Å². The van der Waals surface area contributed by atoms with E-state index in [1.54, 1.807) is 29.6 Å². The number of aromatic nitrogens is 4. The van der Waals surface area contributed by atoms with E-state index >= 15 is 0 Å². The van der Waals surface area contributed by atoms with Gasteiger partial charge in [0.05, 0.1) is 18.3 Å². The number of carbonyl (C=O) groups is 1. The molecular weight excluding hydrogens is 439 g/mol. The number of piperazine rings is 1. The van der Waals surface area contributed by atoms with E-state index in [4.69, 9.17) is 0 Å². The average Bonchev–Trinajstić information content (AvgIpc) is 2.88. The molecule has 1 N–H and O–H groups in total. The number of nitrogens with zero attached hydrogens (tertiary/aromatic N) is 5. The Hall–Kier alpha value is -3.82. The van der Waals surface area contributed by atoms with E-state index in [2.05, 4.69) is 15.0 Å². The molecule has 3 aromatic rings. The maximum atomic E-state index is 14.7. The highest BCUT2D eigenvalue weighted by molar-refractivity contribution is 5.94. The van der Waals surface area contributed by atoms with Crippen LogP contribution in [0, 0.1) is 5.82 Å². The first-order valence-corrected chi connectivity index (χ1v) is 11.4. The van der Waals surface area contributed by atoms with Crippen molar-refractivity contribution in [2.45, 2.75) is 32.2 Å². The van der Waals surface area contributed by atoms with Crippen molar-refractivity contribution < 1.29 is 9.18 Å². The molecule has 0 unspecified atom stereocenters. The van der Waals surface area contributed by atoms with Crippen molar-refractivity contribution in [1.29, 1.82) is 0 Å². The third kappa shape index (κ3) is 4.23. The molecule has 1 fully saturated rings.